The summed E-state index contributed by atoms with van der Waals surface area (Å²) in [7, 11) is 0. The molecule has 0 radical (unpaired) electrons. The lowest BCUT2D eigenvalue weighted by Gasteiger charge is -2.29. The van der Waals surface area contributed by atoms with Crippen molar-refractivity contribution < 1.29 is 15.0 Å². The minimum atomic E-state index is -1.83. The quantitative estimate of drug-likeness (QED) is 0.571. The number of nitrogens with two attached hydrogens (primary N) is 1. The van der Waals surface area contributed by atoms with Gasteiger partial charge >= 0.3 is 6.16 Å². The average molecular weight is 261 g/mol. The van der Waals surface area contributed by atoms with Crippen molar-refractivity contribution >= 4 is 6.16 Å². The maximum atomic E-state index is 8.56. The largest absolute Gasteiger partial charge is 0.503 e. The molecule has 0 aliphatic rings. The average Bonchev–Trinajstić information content (AvgIpc) is 2.31. The Morgan fingerprint density at radius 1 is 0.889 bits per heavy atom. The van der Waals surface area contributed by atoms with Gasteiger partial charge in [0.1, 0.15) is 0 Å². The highest BCUT2D eigenvalue weighted by Crippen LogP contribution is 2.24. The van der Waals surface area contributed by atoms with Crippen LogP contribution in [0.15, 0.2) is 0 Å². The molecule has 0 aromatic rings. The second kappa shape index (κ2) is 12.7. The molecule has 110 valence electrons. The molecule has 0 saturated heterocycles. The van der Waals surface area contributed by atoms with Gasteiger partial charge in [0, 0.05) is 5.54 Å². The molecule has 0 rings (SSSR count). The molecule has 0 bridgehead atoms. The molecule has 4 nitrogen and oxygen atoms in total. The van der Waals surface area contributed by atoms with Gasteiger partial charge in [-0.1, -0.05) is 59.3 Å². The van der Waals surface area contributed by atoms with Gasteiger partial charge in [-0.15, -0.1) is 0 Å². The lowest BCUT2D eigenvalue weighted by atomic mass is 9.84. The van der Waals surface area contributed by atoms with Crippen molar-refractivity contribution in [2.24, 2.45) is 5.73 Å². The zero-order valence-corrected chi connectivity index (χ0v) is 12.2. The van der Waals surface area contributed by atoms with Crippen molar-refractivity contribution in [1.29, 1.82) is 0 Å². The molecule has 0 aromatic carbocycles. The number of unbranched alkanes of at least 4 members (excludes halogenated alkanes) is 3. The third kappa shape index (κ3) is 15.2. The smallest absolute Gasteiger partial charge is 0.450 e. The normalized spacial score (nSPS) is 10.7. The van der Waals surface area contributed by atoms with E-state index in [9.17, 15) is 0 Å². The molecular weight excluding hydrogens is 230 g/mol. The van der Waals surface area contributed by atoms with E-state index in [1.54, 1.807) is 0 Å². The Morgan fingerprint density at radius 2 is 1.11 bits per heavy atom. The van der Waals surface area contributed by atoms with Gasteiger partial charge in [-0.25, -0.2) is 4.79 Å². The van der Waals surface area contributed by atoms with E-state index in [2.05, 4.69) is 20.8 Å². The van der Waals surface area contributed by atoms with Gasteiger partial charge in [0.15, 0.2) is 0 Å². The van der Waals surface area contributed by atoms with E-state index in [-0.39, 0.29) is 5.54 Å². The van der Waals surface area contributed by atoms with Crippen LogP contribution in [0.3, 0.4) is 0 Å². The Morgan fingerprint density at radius 3 is 1.28 bits per heavy atom. The van der Waals surface area contributed by atoms with E-state index in [0.717, 1.165) is 0 Å². The number of hydrogen-bond donors (Lipinski definition) is 3. The summed E-state index contributed by atoms with van der Waals surface area (Å²) in [5, 5.41) is 13.9. The fraction of sp³-hybridized carbons (Fsp3) is 0.929. The second-order valence-electron chi connectivity index (χ2n) is 4.96. The van der Waals surface area contributed by atoms with Gasteiger partial charge in [0.05, 0.1) is 0 Å². The summed E-state index contributed by atoms with van der Waals surface area (Å²) in [4.78, 5) is 8.56. The first-order valence-corrected chi connectivity index (χ1v) is 7.12. The van der Waals surface area contributed by atoms with Crippen LogP contribution in [0, 0.1) is 0 Å². The number of carbonyl (C=O) groups is 1. The SMILES string of the molecule is CCCCC(N)(CCCC)CCCC.O=C(O)O. The molecule has 0 unspecified atom stereocenters. The third-order valence-corrected chi connectivity index (χ3v) is 3.08. The monoisotopic (exact) mass is 261 g/mol. The van der Waals surface area contributed by atoms with E-state index >= 15 is 0 Å². The highest BCUT2D eigenvalue weighted by molar-refractivity contribution is 5.53. The Hall–Kier alpha value is -0.770. The zero-order chi connectivity index (χ0) is 14.4. The van der Waals surface area contributed by atoms with Crippen molar-refractivity contribution in [2.75, 3.05) is 0 Å². The molecule has 0 aliphatic carbocycles. The molecule has 0 spiro atoms. The number of rotatable bonds is 9. The van der Waals surface area contributed by atoms with Gasteiger partial charge in [-0.05, 0) is 19.3 Å². The van der Waals surface area contributed by atoms with Crippen molar-refractivity contribution in [1.82, 2.24) is 0 Å². The number of hydrogen-bond acceptors (Lipinski definition) is 2. The van der Waals surface area contributed by atoms with E-state index < -0.39 is 6.16 Å². The molecule has 0 aromatic heterocycles. The topological polar surface area (TPSA) is 83.6 Å². The minimum absolute atomic E-state index is 0.155. The summed E-state index contributed by atoms with van der Waals surface area (Å²) in [5.74, 6) is 0. The first kappa shape index (κ1) is 19.6. The van der Waals surface area contributed by atoms with Crippen molar-refractivity contribution in [2.45, 2.75) is 84.1 Å². The van der Waals surface area contributed by atoms with Crippen LogP contribution in [0.5, 0.6) is 0 Å². The highest BCUT2D eigenvalue weighted by Gasteiger charge is 2.22. The maximum absolute atomic E-state index is 8.56. The lowest BCUT2D eigenvalue weighted by Crippen LogP contribution is -2.39. The number of carboxylic acid groups (broad SMARTS) is 2. The van der Waals surface area contributed by atoms with Crippen LogP contribution in [0.4, 0.5) is 4.79 Å². The van der Waals surface area contributed by atoms with E-state index in [4.69, 9.17) is 20.7 Å². The Kier molecular flexibility index (Phi) is 13.8. The lowest BCUT2D eigenvalue weighted by molar-refractivity contribution is 0.137. The zero-order valence-electron chi connectivity index (χ0n) is 12.2. The first-order valence-electron chi connectivity index (χ1n) is 7.12. The van der Waals surface area contributed by atoms with Crippen LogP contribution in [0.2, 0.25) is 0 Å². The molecule has 0 heterocycles. The van der Waals surface area contributed by atoms with E-state index in [0.29, 0.717) is 0 Å². The fourth-order valence-electron chi connectivity index (χ4n) is 1.96. The molecule has 0 atom stereocenters. The van der Waals surface area contributed by atoms with Gasteiger partial charge < -0.3 is 15.9 Å². The molecular formula is C14H31NO3. The molecule has 0 fully saturated rings. The Balaban J connectivity index is 0. The molecule has 0 aliphatic heterocycles. The predicted molar refractivity (Wildman–Crippen MR) is 76.1 cm³/mol. The van der Waals surface area contributed by atoms with Gasteiger partial charge in [0.2, 0.25) is 0 Å². The van der Waals surface area contributed by atoms with Gasteiger partial charge in [0.25, 0.3) is 0 Å². The van der Waals surface area contributed by atoms with Crippen LogP contribution < -0.4 is 5.73 Å². The van der Waals surface area contributed by atoms with E-state index in [1.165, 1.54) is 57.8 Å². The summed E-state index contributed by atoms with van der Waals surface area (Å²) in [6.45, 7) is 6.75. The predicted octanol–water partition coefficient (Wildman–Crippen LogP) is 4.48. The molecule has 4 heteroatoms. The van der Waals surface area contributed by atoms with Crippen LogP contribution in [0.25, 0.3) is 0 Å². The first-order chi connectivity index (χ1) is 8.41. The third-order valence-electron chi connectivity index (χ3n) is 3.08. The summed E-state index contributed by atoms with van der Waals surface area (Å²) >= 11 is 0. The summed E-state index contributed by atoms with van der Waals surface area (Å²) in [6, 6.07) is 0. The van der Waals surface area contributed by atoms with E-state index in [1.807, 2.05) is 0 Å². The Labute approximate surface area is 112 Å². The van der Waals surface area contributed by atoms with Crippen molar-refractivity contribution in [3.8, 4) is 0 Å². The van der Waals surface area contributed by atoms with Crippen molar-refractivity contribution in [3.63, 3.8) is 0 Å². The van der Waals surface area contributed by atoms with Crippen LogP contribution in [-0.2, 0) is 0 Å². The Bertz CT molecular complexity index is 170. The summed E-state index contributed by atoms with van der Waals surface area (Å²) in [6.07, 6.45) is 9.56. The van der Waals surface area contributed by atoms with Gasteiger partial charge in [-0.3, -0.25) is 0 Å². The minimum Gasteiger partial charge on any atom is -0.450 e. The summed E-state index contributed by atoms with van der Waals surface area (Å²) in [5.41, 5.74) is 6.61. The van der Waals surface area contributed by atoms with Crippen LogP contribution in [-0.4, -0.2) is 21.9 Å². The standard InChI is InChI=1S/C13H29N.CH2O3/c1-4-7-10-13(14,11-8-5-2)12-9-6-3;2-1(3)4/h4-12,14H2,1-3H3;(H2,2,3,4). The molecule has 18 heavy (non-hydrogen) atoms. The van der Waals surface area contributed by atoms with Gasteiger partial charge in [-0.2, -0.15) is 0 Å². The summed E-state index contributed by atoms with van der Waals surface area (Å²) < 4.78 is 0. The second-order valence-corrected chi connectivity index (χ2v) is 4.96. The van der Waals surface area contributed by atoms with Crippen molar-refractivity contribution in [3.05, 3.63) is 0 Å². The highest BCUT2D eigenvalue weighted by atomic mass is 16.6. The molecule has 0 amide bonds. The maximum Gasteiger partial charge on any atom is 0.503 e. The van der Waals surface area contributed by atoms with Crippen LogP contribution in [0.1, 0.15) is 78.6 Å². The fourth-order valence-corrected chi connectivity index (χ4v) is 1.96. The molecule has 4 N–H and O–H groups in total. The molecule has 0 saturated carbocycles. The van der Waals surface area contributed by atoms with Crippen LogP contribution >= 0.6 is 0 Å².